The van der Waals surface area contributed by atoms with Crippen LogP contribution in [-0.4, -0.2) is 12.6 Å². The molecule has 0 unspecified atom stereocenters. The quantitative estimate of drug-likeness (QED) is 0.736. The average molecular weight is 226 g/mol. The van der Waals surface area contributed by atoms with E-state index in [2.05, 4.69) is 12.1 Å². The van der Waals surface area contributed by atoms with Gasteiger partial charge in [0.05, 0.1) is 0 Å². The Morgan fingerprint density at radius 2 is 1.29 bits per heavy atom. The Morgan fingerprint density at radius 3 is 1.76 bits per heavy atom. The fraction of sp³-hybridized carbons (Fsp3) is 0.0667. The van der Waals surface area contributed by atoms with Crippen molar-refractivity contribution in [2.45, 2.75) is 6.92 Å². The first-order chi connectivity index (χ1) is 8.27. The van der Waals surface area contributed by atoms with Crippen molar-refractivity contribution in [3.63, 3.8) is 0 Å². The predicted molar refractivity (Wildman–Crippen MR) is 69.0 cm³/mol. The molecule has 0 radical (unpaired) electrons. The van der Waals surface area contributed by atoms with Crippen LogP contribution >= 0.6 is 0 Å². The van der Waals surface area contributed by atoms with Gasteiger partial charge in [-0.1, -0.05) is 54.6 Å². The highest BCUT2D eigenvalue weighted by molar-refractivity contribution is 5.94. The molecule has 0 spiro atoms. The molecule has 17 heavy (non-hydrogen) atoms. The Balaban J connectivity index is 0.000000686. The molecule has 0 saturated heterocycles. The van der Waals surface area contributed by atoms with E-state index >= 15 is 0 Å². The number of benzene rings is 2. The maximum atomic E-state index is 11.1. The zero-order chi connectivity index (χ0) is 12.7. The molecule has 0 N–H and O–H groups in total. The molecule has 2 heteroatoms. The first-order valence-electron chi connectivity index (χ1n) is 5.22. The highest BCUT2D eigenvalue weighted by Crippen LogP contribution is 2.19. The van der Waals surface area contributed by atoms with Crippen LogP contribution in [0.4, 0.5) is 0 Å². The maximum Gasteiger partial charge on any atom is 0.159 e. The number of Topliss-reactive ketones (excluding diaryl/α,β-unsaturated/α-hetero) is 1. The van der Waals surface area contributed by atoms with Gasteiger partial charge in [0, 0.05) is 5.56 Å². The molecule has 2 aromatic rings. The third kappa shape index (κ3) is 3.38. The fourth-order valence-electron chi connectivity index (χ4n) is 1.53. The Bertz CT molecular complexity index is 472. The minimum Gasteiger partial charge on any atom is -0.307 e. The summed E-state index contributed by atoms with van der Waals surface area (Å²) in [5, 5.41) is 0. The first kappa shape index (κ1) is 12.8. The topological polar surface area (TPSA) is 34.1 Å². The van der Waals surface area contributed by atoms with Crippen molar-refractivity contribution >= 4 is 12.6 Å². The lowest BCUT2D eigenvalue weighted by molar-refractivity contribution is -0.0979. The first-order valence-corrected chi connectivity index (χ1v) is 5.22. The van der Waals surface area contributed by atoms with Gasteiger partial charge in [-0.05, 0) is 18.1 Å². The lowest BCUT2D eigenvalue weighted by atomic mass is 10.0. The molecule has 0 aliphatic rings. The molecule has 0 bridgehead atoms. The summed E-state index contributed by atoms with van der Waals surface area (Å²) in [5.74, 6) is 0.106. The highest BCUT2D eigenvalue weighted by atomic mass is 16.1. The highest BCUT2D eigenvalue weighted by Gasteiger charge is 1.99. The summed E-state index contributed by atoms with van der Waals surface area (Å²) in [5.41, 5.74) is 3.07. The van der Waals surface area contributed by atoms with Gasteiger partial charge < -0.3 is 4.79 Å². The van der Waals surface area contributed by atoms with E-state index in [1.165, 1.54) is 5.56 Å². The van der Waals surface area contributed by atoms with Gasteiger partial charge >= 0.3 is 0 Å². The smallest absolute Gasteiger partial charge is 0.159 e. The summed E-state index contributed by atoms with van der Waals surface area (Å²) < 4.78 is 0. The van der Waals surface area contributed by atoms with Gasteiger partial charge in [-0.2, -0.15) is 0 Å². The van der Waals surface area contributed by atoms with Crippen molar-refractivity contribution in [2.75, 3.05) is 0 Å². The van der Waals surface area contributed by atoms with Crippen LogP contribution in [0.5, 0.6) is 0 Å². The third-order valence-corrected chi connectivity index (χ3v) is 2.40. The van der Waals surface area contributed by atoms with Crippen LogP contribution in [0, 0.1) is 0 Å². The number of hydrogen-bond donors (Lipinski definition) is 0. The second-order valence-corrected chi connectivity index (χ2v) is 3.50. The van der Waals surface area contributed by atoms with Crippen molar-refractivity contribution in [3.05, 3.63) is 60.2 Å². The zero-order valence-electron chi connectivity index (χ0n) is 9.72. The number of carbonyl (C=O) groups is 2. The molecule has 2 aromatic carbocycles. The summed E-state index contributed by atoms with van der Waals surface area (Å²) in [6.45, 7) is 3.58. The van der Waals surface area contributed by atoms with E-state index in [9.17, 15) is 4.79 Å². The van der Waals surface area contributed by atoms with Gasteiger partial charge in [-0.25, -0.2) is 0 Å². The second-order valence-electron chi connectivity index (χ2n) is 3.50. The van der Waals surface area contributed by atoms with Crippen LogP contribution in [-0.2, 0) is 4.79 Å². The van der Waals surface area contributed by atoms with Crippen LogP contribution in [0.3, 0.4) is 0 Å². The van der Waals surface area contributed by atoms with E-state index in [-0.39, 0.29) is 5.78 Å². The minimum absolute atomic E-state index is 0.106. The average Bonchev–Trinajstić information content (AvgIpc) is 2.42. The third-order valence-electron chi connectivity index (χ3n) is 2.40. The monoisotopic (exact) mass is 226 g/mol. The SMILES string of the molecule is C=O.CC(=O)c1ccc(-c2ccccc2)cc1. The van der Waals surface area contributed by atoms with Gasteiger partial charge in [0.2, 0.25) is 0 Å². The Hall–Kier alpha value is -2.22. The van der Waals surface area contributed by atoms with Crippen molar-refractivity contribution in [2.24, 2.45) is 0 Å². The molecule has 0 aliphatic heterocycles. The molecule has 86 valence electrons. The molecular formula is C15H14O2. The van der Waals surface area contributed by atoms with Crippen LogP contribution in [0.1, 0.15) is 17.3 Å². The van der Waals surface area contributed by atoms with Gasteiger partial charge in [0.25, 0.3) is 0 Å². The van der Waals surface area contributed by atoms with Gasteiger partial charge in [0.1, 0.15) is 6.79 Å². The second kappa shape index (κ2) is 6.38. The molecule has 2 nitrogen and oxygen atoms in total. The lowest BCUT2D eigenvalue weighted by Crippen LogP contribution is -1.90. The summed E-state index contributed by atoms with van der Waals surface area (Å²) in [4.78, 5) is 19.1. The number of ketones is 1. The molecule has 0 amide bonds. The van der Waals surface area contributed by atoms with Gasteiger partial charge in [0.15, 0.2) is 5.78 Å². The molecular weight excluding hydrogens is 212 g/mol. The van der Waals surface area contributed by atoms with E-state index in [0.717, 1.165) is 11.1 Å². The molecule has 0 heterocycles. The lowest BCUT2D eigenvalue weighted by Gasteiger charge is -2.01. The number of carbonyl (C=O) groups excluding carboxylic acids is 2. The molecule has 0 aromatic heterocycles. The molecule has 0 fully saturated rings. The van der Waals surface area contributed by atoms with Crippen molar-refractivity contribution < 1.29 is 9.59 Å². The van der Waals surface area contributed by atoms with Crippen molar-refractivity contribution in [3.8, 4) is 11.1 Å². The van der Waals surface area contributed by atoms with E-state index < -0.39 is 0 Å². The van der Waals surface area contributed by atoms with E-state index in [1.807, 2.05) is 49.3 Å². The van der Waals surface area contributed by atoms with Crippen LogP contribution < -0.4 is 0 Å². The van der Waals surface area contributed by atoms with E-state index in [1.54, 1.807) is 6.92 Å². The Labute approximate surface area is 101 Å². The van der Waals surface area contributed by atoms with Gasteiger partial charge in [-0.3, -0.25) is 4.79 Å². The minimum atomic E-state index is 0.106. The molecule has 0 atom stereocenters. The molecule has 0 saturated carbocycles. The van der Waals surface area contributed by atoms with Crippen LogP contribution in [0.15, 0.2) is 54.6 Å². The molecule has 0 aliphatic carbocycles. The summed E-state index contributed by atoms with van der Waals surface area (Å²) in [6.07, 6.45) is 0. The standard InChI is InChI=1S/C14H12O.CH2O/c1-11(15)12-7-9-14(10-8-12)13-5-3-2-4-6-13;1-2/h2-10H,1H3;1H2. The number of rotatable bonds is 2. The summed E-state index contributed by atoms with van der Waals surface area (Å²) in [6, 6.07) is 17.8. The van der Waals surface area contributed by atoms with E-state index in [4.69, 9.17) is 4.79 Å². The van der Waals surface area contributed by atoms with Crippen molar-refractivity contribution in [1.29, 1.82) is 0 Å². The normalized spacial score (nSPS) is 9.00. The van der Waals surface area contributed by atoms with Crippen LogP contribution in [0.2, 0.25) is 0 Å². The largest absolute Gasteiger partial charge is 0.307 e. The Kier molecular flexibility index (Phi) is 4.82. The predicted octanol–water partition coefficient (Wildman–Crippen LogP) is 3.37. The van der Waals surface area contributed by atoms with Crippen LogP contribution in [0.25, 0.3) is 11.1 Å². The fourth-order valence-corrected chi connectivity index (χ4v) is 1.53. The summed E-state index contributed by atoms with van der Waals surface area (Å²) in [7, 11) is 0. The van der Waals surface area contributed by atoms with Crippen molar-refractivity contribution in [1.82, 2.24) is 0 Å². The van der Waals surface area contributed by atoms with E-state index in [0.29, 0.717) is 0 Å². The molecule has 2 rings (SSSR count). The Morgan fingerprint density at radius 1 is 0.824 bits per heavy atom. The maximum absolute atomic E-state index is 11.1. The van der Waals surface area contributed by atoms with Gasteiger partial charge in [-0.15, -0.1) is 0 Å². The zero-order valence-corrected chi connectivity index (χ0v) is 9.72. The number of hydrogen-bond acceptors (Lipinski definition) is 2. The summed E-state index contributed by atoms with van der Waals surface area (Å²) >= 11 is 0.